The average molecular weight is 397 g/mol. The third kappa shape index (κ3) is 3.50. The molecule has 4 aromatic rings. The van der Waals surface area contributed by atoms with Gasteiger partial charge < -0.3 is 5.32 Å². The summed E-state index contributed by atoms with van der Waals surface area (Å²) in [6.07, 6.45) is 0. The van der Waals surface area contributed by atoms with E-state index in [1.54, 1.807) is 6.07 Å². The Labute approximate surface area is 165 Å². The van der Waals surface area contributed by atoms with Crippen molar-refractivity contribution in [3.63, 3.8) is 0 Å². The van der Waals surface area contributed by atoms with E-state index in [2.05, 4.69) is 15.5 Å². The first kappa shape index (κ1) is 17.8. The Kier molecular flexibility index (Phi) is 4.76. The van der Waals surface area contributed by atoms with Crippen LogP contribution in [0.2, 0.25) is 5.02 Å². The van der Waals surface area contributed by atoms with Crippen LogP contribution < -0.4 is 5.32 Å². The number of para-hydroxylation sites is 1. The highest BCUT2D eigenvalue weighted by Gasteiger charge is 2.19. The predicted octanol–water partition coefficient (Wildman–Crippen LogP) is 4.96. The van der Waals surface area contributed by atoms with Gasteiger partial charge in [0.2, 0.25) is 5.91 Å². The van der Waals surface area contributed by atoms with Gasteiger partial charge in [-0.2, -0.15) is 0 Å². The number of carbonyl (C=O) groups is 1. The van der Waals surface area contributed by atoms with Crippen molar-refractivity contribution in [1.82, 2.24) is 14.6 Å². The number of pyridine rings is 1. The zero-order chi connectivity index (χ0) is 19.0. The Morgan fingerprint density at radius 2 is 1.96 bits per heavy atom. The molecule has 0 saturated heterocycles. The first-order valence-corrected chi connectivity index (χ1v) is 9.75. The van der Waals surface area contributed by atoms with Gasteiger partial charge in [-0.3, -0.25) is 9.20 Å². The molecule has 0 aliphatic carbocycles. The zero-order valence-corrected chi connectivity index (χ0v) is 16.4. The maximum atomic E-state index is 12.6. The molecule has 0 bridgehead atoms. The number of anilines is 1. The van der Waals surface area contributed by atoms with Crippen LogP contribution in [0, 0.1) is 6.92 Å². The first-order valence-electron chi connectivity index (χ1n) is 8.49. The number of fused-ring (bicyclic) bond motifs is 3. The molecule has 0 radical (unpaired) electrons. The Morgan fingerprint density at radius 3 is 2.78 bits per heavy atom. The molecule has 0 unspecified atom stereocenters. The summed E-state index contributed by atoms with van der Waals surface area (Å²) < 4.78 is 1.98. The molecule has 0 spiro atoms. The zero-order valence-electron chi connectivity index (χ0n) is 14.8. The van der Waals surface area contributed by atoms with Crippen molar-refractivity contribution in [2.45, 2.75) is 24.3 Å². The summed E-state index contributed by atoms with van der Waals surface area (Å²) in [7, 11) is 0. The van der Waals surface area contributed by atoms with Crippen molar-refractivity contribution in [2.75, 3.05) is 5.32 Å². The lowest BCUT2D eigenvalue weighted by Gasteiger charge is -2.12. The van der Waals surface area contributed by atoms with E-state index in [0.29, 0.717) is 15.9 Å². The normalized spacial score (nSPS) is 12.4. The first-order chi connectivity index (χ1) is 13.0. The lowest BCUT2D eigenvalue weighted by Crippen LogP contribution is -2.22. The van der Waals surface area contributed by atoms with Crippen LogP contribution in [0.4, 0.5) is 5.69 Å². The molecule has 27 heavy (non-hydrogen) atoms. The van der Waals surface area contributed by atoms with E-state index in [4.69, 9.17) is 11.6 Å². The molecule has 1 N–H and O–H groups in total. The SMILES string of the molecule is Cc1ccc(NC(=O)[C@@H](C)Sc2nnc3ccc4ccccc4n23)cc1Cl. The molecule has 0 fully saturated rings. The second-order valence-corrected chi connectivity index (χ2v) is 8.00. The molecule has 0 aliphatic heterocycles. The summed E-state index contributed by atoms with van der Waals surface area (Å²) in [6.45, 7) is 3.77. The maximum absolute atomic E-state index is 12.6. The van der Waals surface area contributed by atoms with E-state index in [-0.39, 0.29) is 11.2 Å². The highest BCUT2D eigenvalue weighted by atomic mass is 35.5. The quantitative estimate of drug-likeness (QED) is 0.495. The number of aromatic nitrogens is 3. The molecule has 1 amide bonds. The van der Waals surface area contributed by atoms with Gasteiger partial charge in [-0.25, -0.2) is 0 Å². The van der Waals surface area contributed by atoms with Crippen LogP contribution in [0.1, 0.15) is 12.5 Å². The van der Waals surface area contributed by atoms with Crippen LogP contribution in [0.3, 0.4) is 0 Å². The van der Waals surface area contributed by atoms with Crippen LogP contribution in [0.25, 0.3) is 16.6 Å². The fourth-order valence-corrected chi connectivity index (χ4v) is 3.86. The number of halogens is 1. The van der Waals surface area contributed by atoms with E-state index < -0.39 is 0 Å². The van der Waals surface area contributed by atoms with E-state index in [1.165, 1.54) is 11.8 Å². The van der Waals surface area contributed by atoms with E-state index in [9.17, 15) is 4.79 Å². The fraction of sp³-hybridized carbons (Fsp3) is 0.150. The largest absolute Gasteiger partial charge is 0.325 e. The Morgan fingerprint density at radius 1 is 1.15 bits per heavy atom. The average Bonchev–Trinajstić information content (AvgIpc) is 3.08. The molecule has 1 atom stereocenters. The van der Waals surface area contributed by atoms with Gasteiger partial charge in [0.05, 0.1) is 10.8 Å². The number of aryl methyl sites for hydroxylation is 1. The van der Waals surface area contributed by atoms with Crippen LogP contribution in [-0.2, 0) is 4.79 Å². The standard InChI is InChI=1S/C20H17ClN4OS/c1-12-7-9-15(11-16(12)21)22-19(26)13(2)27-20-24-23-18-10-8-14-5-3-4-6-17(14)25(18)20/h3-11,13H,1-2H3,(H,22,26)/t13-/m1/s1. The summed E-state index contributed by atoms with van der Waals surface area (Å²) in [5.74, 6) is -0.114. The Balaban J connectivity index is 1.59. The number of thioether (sulfide) groups is 1. The van der Waals surface area contributed by atoms with Gasteiger partial charge in [-0.05, 0) is 55.1 Å². The second-order valence-electron chi connectivity index (χ2n) is 6.28. The Hall–Kier alpha value is -2.57. The summed E-state index contributed by atoms with van der Waals surface area (Å²) in [4.78, 5) is 12.6. The topological polar surface area (TPSA) is 59.3 Å². The van der Waals surface area contributed by atoms with Crippen molar-refractivity contribution >= 4 is 51.5 Å². The number of amides is 1. The lowest BCUT2D eigenvalue weighted by atomic mass is 10.2. The minimum Gasteiger partial charge on any atom is -0.325 e. The van der Waals surface area contributed by atoms with E-state index in [0.717, 1.165) is 22.1 Å². The van der Waals surface area contributed by atoms with Gasteiger partial charge in [0.15, 0.2) is 10.8 Å². The minimum absolute atomic E-state index is 0.114. The molecule has 5 nitrogen and oxygen atoms in total. The van der Waals surface area contributed by atoms with Crippen LogP contribution >= 0.6 is 23.4 Å². The molecule has 4 rings (SSSR count). The molecule has 2 heterocycles. The molecular weight excluding hydrogens is 380 g/mol. The third-order valence-electron chi connectivity index (χ3n) is 4.34. The molecule has 7 heteroatoms. The van der Waals surface area contributed by atoms with Crippen molar-refractivity contribution in [1.29, 1.82) is 0 Å². The maximum Gasteiger partial charge on any atom is 0.237 e. The van der Waals surface area contributed by atoms with Crippen molar-refractivity contribution < 1.29 is 4.79 Å². The summed E-state index contributed by atoms with van der Waals surface area (Å²) in [5, 5.41) is 13.5. The van der Waals surface area contributed by atoms with Crippen LogP contribution in [-0.4, -0.2) is 25.8 Å². The second kappa shape index (κ2) is 7.21. The number of hydrogen-bond donors (Lipinski definition) is 1. The van der Waals surface area contributed by atoms with Gasteiger partial charge in [0.1, 0.15) is 0 Å². The highest BCUT2D eigenvalue weighted by molar-refractivity contribution is 8.00. The molecule has 2 aromatic carbocycles. The van der Waals surface area contributed by atoms with Gasteiger partial charge in [0.25, 0.3) is 0 Å². The van der Waals surface area contributed by atoms with E-state index in [1.807, 2.05) is 66.8 Å². The van der Waals surface area contributed by atoms with Gasteiger partial charge in [-0.1, -0.05) is 47.6 Å². The summed E-state index contributed by atoms with van der Waals surface area (Å²) >= 11 is 7.51. The number of rotatable bonds is 4. The highest BCUT2D eigenvalue weighted by Crippen LogP contribution is 2.27. The van der Waals surface area contributed by atoms with Crippen molar-refractivity contribution in [3.05, 3.63) is 65.2 Å². The molecule has 136 valence electrons. The summed E-state index contributed by atoms with van der Waals surface area (Å²) in [6, 6.07) is 17.5. The van der Waals surface area contributed by atoms with E-state index >= 15 is 0 Å². The lowest BCUT2D eigenvalue weighted by molar-refractivity contribution is -0.115. The molecular formula is C20H17ClN4OS. The number of benzene rings is 2. The number of hydrogen-bond acceptors (Lipinski definition) is 4. The van der Waals surface area contributed by atoms with Crippen LogP contribution in [0.15, 0.2) is 59.8 Å². The number of nitrogens with zero attached hydrogens (tertiary/aromatic N) is 3. The molecule has 0 saturated carbocycles. The van der Waals surface area contributed by atoms with Gasteiger partial charge >= 0.3 is 0 Å². The fourth-order valence-electron chi connectivity index (χ4n) is 2.81. The Bertz CT molecular complexity index is 1160. The summed E-state index contributed by atoms with van der Waals surface area (Å²) in [5.41, 5.74) is 3.42. The number of nitrogens with one attached hydrogen (secondary N) is 1. The molecule has 2 aromatic heterocycles. The van der Waals surface area contributed by atoms with Crippen molar-refractivity contribution in [3.8, 4) is 0 Å². The molecule has 0 aliphatic rings. The van der Waals surface area contributed by atoms with Gasteiger partial charge in [-0.15, -0.1) is 10.2 Å². The van der Waals surface area contributed by atoms with Gasteiger partial charge in [0, 0.05) is 10.7 Å². The third-order valence-corrected chi connectivity index (χ3v) is 5.79. The minimum atomic E-state index is -0.351. The van der Waals surface area contributed by atoms with Crippen molar-refractivity contribution in [2.24, 2.45) is 0 Å². The number of carbonyl (C=O) groups excluding carboxylic acids is 1. The predicted molar refractivity (Wildman–Crippen MR) is 111 cm³/mol. The monoisotopic (exact) mass is 396 g/mol. The van der Waals surface area contributed by atoms with Crippen LogP contribution in [0.5, 0.6) is 0 Å². The smallest absolute Gasteiger partial charge is 0.237 e.